The molecule has 0 aromatic heterocycles. The average Bonchev–Trinajstić information content (AvgIpc) is 2.40. The smallest absolute Gasteiger partial charge is 0.131 e. The van der Waals surface area contributed by atoms with Crippen molar-refractivity contribution in [1.82, 2.24) is 5.32 Å². The quantitative estimate of drug-likeness (QED) is 0.864. The predicted octanol–water partition coefficient (Wildman–Crippen LogP) is 4.22. The van der Waals surface area contributed by atoms with E-state index < -0.39 is 0 Å². The summed E-state index contributed by atoms with van der Waals surface area (Å²) >= 11 is 0. The van der Waals surface area contributed by atoms with E-state index in [1.54, 1.807) is 12.1 Å². The summed E-state index contributed by atoms with van der Waals surface area (Å²) < 4.78 is 14.1. The van der Waals surface area contributed by atoms with E-state index in [0.29, 0.717) is 5.56 Å². The Labute approximate surface area is 114 Å². The molecule has 100 valence electrons. The third kappa shape index (κ3) is 3.21. The minimum Gasteiger partial charge on any atom is -0.313 e. The molecule has 0 atom stereocenters. The van der Waals surface area contributed by atoms with Gasteiger partial charge in [-0.3, -0.25) is 0 Å². The summed E-state index contributed by atoms with van der Waals surface area (Å²) in [7, 11) is 0. The molecule has 19 heavy (non-hydrogen) atoms. The van der Waals surface area contributed by atoms with Gasteiger partial charge in [-0.05, 0) is 43.7 Å². The first-order chi connectivity index (χ1) is 9.11. The van der Waals surface area contributed by atoms with Crippen molar-refractivity contribution < 1.29 is 4.39 Å². The van der Waals surface area contributed by atoms with Gasteiger partial charge in [0.05, 0.1) is 0 Å². The summed E-state index contributed by atoms with van der Waals surface area (Å²) in [5, 5.41) is 3.31. The van der Waals surface area contributed by atoms with Crippen LogP contribution >= 0.6 is 0 Å². The van der Waals surface area contributed by atoms with Crippen LogP contribution in [0.3, 0.4) is 0 Å². The predicted molar refractivity (Wildman–Crippen MR) is 78.7 cm³/mol. The van der Waals surface area contributed by atoms with E-state index in [4.69, 9.17) is 0 Å². The van der Waals surface area contributed by atoms with Gasteiger partial charge in [0.1, 0.15) is 5.82 Å². The van der Waals surface area contributed by atoms with Crippen LogP contribution in [0.4, 0.5) is 4.39 Å². The molecule has 2 heteroatoms. The largest absolute Gasteiger partial charge is 0.313 e. The van der Waals surface area contributed by atoms with Crippen LogP contribution < -0.4 is 5.32 Å². The van der Waals surface area contributed by atoms with E-state index in [0.717, 1.165) is 35.3 Å². The number of aryl methyl sites for hydroxylation is 2. The van der Waals surface area contributed by atoms with E-state index >= 15 is 0 Å². The van der Waals surface area contributed by atoms with Crippen molar-refractivity contribution in [3.05, 3.63) is 58.9 Å². The Morgan fingerprint density at radius 1 is 0.947 bits per heavy atom. The van der Waals surface area contributed by atoms with Gasteiger partial charge in [0.2, 0.25) is 0 Å². The van der Waals surface area contributed by atoms with Gasteiger partial charge in [-0.15, -0.1) is 0 Å². The molecule has 0 aliphatic heterocycles. The van der Waals surface area contributed by atoms with Gasteiger partial charge in [0.15, 0.2) is 0 Å². The van der Waals surface area contributed by atoms with Gasteiger partial charge >= 0.3 is 0 Å². The third-order valence-corrected chi connectivity index (χ3v) is 3.24. The van der Waals surface area contributed by atoms with Crippen LogP contribution in [0, 0.1) is 19.7 Å². The van der Waals surface area contributed by atoms with Crippen LogP contribution in [-0.4, -0.2) is 6.54 Å². The van der Waals surface area contributed by atoms with Crippen molar-refractivity contribution in [3.8, 4) is 11.1 Å². The molecule has 0 heterocycles. The maximum Gasteiger partial charge on any atom is 0.131 e. The van der Waals surface area contributed by atoms with Crippen LogP contribution in [-0.2, 0) is 6.54 Å². The molecule has 0 fully saturated rings. The highest BCUT2D eigenvalue weighted by atomic mass is 19.1. The molecule has 1 N–H and O–H groups in total. The minimum absolute atomic E-state index is 0.158. The summed E-state index contributed by atoms with van der Waals surface area (Å²) in [6.45, 7) is 7.77. The molecule has 2 aromatic rings. The number of hydrogen-bond donors (Lipinski definition) is 1. The molecule has 1 nitrogen and oxygen atoms in total. The Balaban J connectivity index is 2.52. The van der Waals surface area contributed by atoms with Gasteiger partial charge in [-0.1, -0.05) is 42.3 Å². The van der Waals surface area contributed by atoms with Crippen LogP contribution in [0.25, 0.3) is 11.1 Å². The Kier molecular flexibility index (Phi) is 4.33. The lowest BCUT2D eigenvalue weighted by molar-refractivity contribution is 0.630. The zero-order valence-corrected chi connectivity index (χ0v) is 11.8. The highest BCUT2D eigenvalue weighted by Gasteiger charge is 2.10. The lowest BCUT2D eigenvalue weighted by atomic mass is 9.96. The first-order valence-electron chi connectivity index (χ1n) is 6.68. The maximum atomic E-state index is 14.1. The molecule has 0 radical (unpaired) electrons. The highest BCUT2D eigenvalue weighted by Crippen LogP contribution is 2.28. The molecule has 0 aliphatic rings. The maximum absolute atomic E-state index is 14.1. The van der Waals surface area contributed by atoms with E-state index in [9.17, 15) is 4.39 Å². The van der Waals surface area contributed by atoms with E-state index in [1.807, 2.05) is 19.9 Å². The zero-order chi connectivity index (χ0) is 13.8. The van der Waals surface area contributed by atoms with Gasteiger partial charge in [-0.25, -0.2) is 4.39 Å². The second-order valence-corrected chi connectivity index (χ2v) is 4.92. The lowest BCUT2D eigenvalue weighted by Gasteiger charge is -2.13. The molecule has 0 saturated heterocycles. The van der Waals surface area contributed by atoms with Crippen molar-refractivity contribution in [3.63, 3.8) is 0 Å². The second kappa shape index (κ2) is 5.98. The number of rotatable bonds is 4. The highest BCUT2D eigenvalue weighted by molar-refractivity contribution is 5.69. The van der Waals surface area contributed by atoms with Gasteiger partial charge in [-0.2, -0.15) is 0 Å². The summed E-state index contributed by atoms with van der Waals surface area (Å²) in [5.41, 5.74) is 5.04. The van der Waals surface area contributed by atoms with Gasteiger partial charge < -0.3 is 5.32 Å². The van der Waals surface area contributed by atoms with E-state index in [2.05, 4.69) is 30.4 Å². The molecule has 2 aromatic carbocycles. The van der Waals surface area contributed by atoms with Crippen molar-refractivity contribution in [1.29, 1.82) is 0 Å². The molecular formula is C17H20FN. The summed E-state index contributed by atoms with van der Waals surface area (Å²) in [4.78, 5) is 0. The first-order valence-corrected chi connectivity index (χ1v) is 6.68. The van der Waals surface area contributed by atoms with Crippen molar-refractivity contribution in [2.75, 3.05) is 6.54 Å². The lowest BCUT2D eigenvalue weighted by Crippen LogP contribution is -2.12. The Bertz CT molecular complexity index is 575. The molecule has 2 rings (SSSR count). The average molecular weight is 257 g/mol. The van der Waals surface area contributed by atoms with E-state index in [-0.39, 0.29) is 5.82 Å². The molecular weight excluding hydrogens is 237 g/mol. The molecule has 0 aliphatic carbocycles. The molecule has 0 spiro atoms. The third-order valence-electron chi connectivity index (χ3n) is 3.24. The Morgan fingerprint density at radius 2 is 1.58 bits per heavy atom. The van der Waals surface area contributed by atoms with E-state index in [1.165, 1.54) is 0 Å². The molecule has 0 amide bonds. The zero-order valence-electron chi connectivity index (χ0n) is 11.8. The summed E-state index contributed by atoms with van der Waals surface area (Å²) in [5.74, 6) is -0.158. The van der Waals surface area contributed by atoms with Crippen LogP contribution in [0.15, 0.2) is 36.4 Å². The normalized spacial score (nSPS) is 10.7. The minimum atomic E-state index is -0.158. The fourth-order valence-electron chi connectivity index (χ4n) is 2.20. The molecule has 0 bridgehead atoms. The van der Waals surface area contributed by atoms with Crippen LogP contribution in [0.1, 0.15) is 23.6 Å². The standard InChI is InChI=1S/C17H20FN/c1-4-19-11-14-7-5-12(2)9-15(14)16-10-13(3)6-8-17(16)18/h5-10,19H,4,11H2,1-3H3. The molecule has 0 unspecified atom stereocenters. The van der Waals surface area contributed by atoms with Gasteiger partial charge in [0.25, 0.3) is 0 Å². The number of benzene rings is 2. The Hall–Kier alpha value is -1.67. The number of nitrogens with one attached hydrogen (secondary N) is 1. The number of halogens is 1. The van der Waals surface area contributed by atoms with Crippen LogP contribution in [0.2, 0.25) is 0 Å². The molecule has 0 saturated carbocycles. The fourth-order valence-corrected chi connectivity index (χ4v) is 2.20. The summed E-state index contributed by atoms with van der Waals surface area (Å²) in [6.07, 6.45) is 0. The first kappa shape index (κ1) is 13.8. The van der Waals surface area contributed by atoms with Crippen molar-refractivity contribution >= 4 is 0 Å². The fraction of sp³-hybridized carbons (Fsp3) is 0.294. The second-order valence-electron chi connectivity index (χ2n) is 4.92. The number of hydrogen-bond acceptors (Lipinski definition) is 1. The topological polar surface area (TPSA) is 12.0 Å². The van der Waals surface area contributed by atoms with Gasteiger partial charge in [0, 0.05) is 12.1 Å². The summed E-state index contributed by atoms with van der Waals surface area (Å²) in [6, 6.07) is 11.5. The SMILES string of the molecule is CCNCc1ccc(C)cc1-c1cc(C)ccc1F. The van der Waals surface area contributed by atoms with Crippen LogP contribution in [0.5, 0.6) is 0 Å². The monoisotopic (exact) mass is 257 g/mol. The van der Waals surface area contributed by atoms with Crippen molar-refractivity contribution in [2.45, 2.75) is 27.3 Å². The van der Waals surface area contributed by atoms with Crippen molar-refractivity contribution in [2.24, 2.45) is 0 Å². The Morgan fingerprint density at radius 3 is 2.26 bits per heavy atom.